The van der Waals surface area contributed by atoms with Crippen LogP contribution in [0, 0.1) is 6.92 Å². The van der Waals surface area contributed by atoms with Crippen LogP contribution in [0.2, 0.25) is 5.02 Å². The Balaban J connectivity index is 1.78. The highest BCUT2D eigenvalue weighted by molar-refractivity contribution is 6.31. The van der Waals surface area contributed by atoms with Gasteiger partial charge >= 0.3 is 6.03 Å². The van der Waals surface area contributed by atoms with Gasteiger partial charge in [0.05, 0.1) is 6.04 Å². The summed E-state index contributed by atoms with van der Waals surface area (Å²) in [5.74, 6) is 0. The fraction of sp³-hybridized carbons (Fsp3) is 0.278. The third kappa shape index (κ3) is 3.09. The number of rotatable bonds is 2. The summed E-state index contributed by atoms with van der Waals surface area (Å²) < 4.78 is 0. The lowest BCUT2D eigenvalue weighted by Gasteiger charge is -2.26. The highest BCUT2D eigenvalue weighted by atomic mass is 35.5. The summed E-state index contributed by atoms with van der Waals surface area (Å²) in [6.07, 6.45) is 1.95. The molecular weight excluding hydrogens is 296 g/mol. The number of anilines is 1. The van der Waals surface area contributed by atoms with E-state index in [4.69, 9.17) is 11.6 Å². The molecule has 3 rings (SSSR count). The number of hydrogen-bond acceptors (Lipinski definition) is 1. The van der Waals surface area contributed by atoms with E-state index < -0.39 is 0 Å². The van der Waals surface area contributed by atoms with Crippen molar-refractivity contribution in [1.29, 1.82) is 0 Å². The van der Waals surface area contributed by atoms with Gasteiger partial charge in [0, 0.05) is 17.3 Å². The van der Waals surface area contributed by atoms with Gasteiger partial charge in [-0.15, -0.1) is 0 Å². The van der Waals surface area contributed by atoms with Crippen LogP contribution in [0.5, 0.6) is 0 Å². The number of urea groups is 1. The van der Waals surface area contributed by atoms with E-state index in [0.717, 1.165) is 41.2 Å². The molecular formula is C18H19ClN2O. The Morgan fingerprint density at radius 2 is 2.05 bits per heavy atom. The lowest BCUT2D eigenvalue weighted by Crippen LogP contribution is -2.34. The number of nitrogens with zero attached hydrogens (tertiary/aromatic N) is 1. The van der Waals surface area contributed by atoms with Gasteiger partial charge in [-0.1, -0.05) is 41.9 Å². The third-order valence-corrected chi connectivity index (χ3v) is 4.39. The van der Waals surface area contributed by atoms with Gasteiger partial charge in [0.2, 0.25) is 0 Å². The van der Waals surface area contributed by atoms with Crippen LogP contribution < -0.4 is 5.32 Å². The van der Waals surface area contributed by atoms with Crippen molar-refractivity contribution in [2.75, 3.05) is 11.9 Å². The highest BCUT2D eigenvalue weighted by Crippen LogP contribution is 2.35. The minimum Gasteiger partial charge on any atom is -0.317 e. The molecule has 1 saturated heterocycles. The van der Waals surface area contributed by atoms with Crippen LogP contribution in [0.15, 0.2) is 48.5 Å². The summed E-state index contributed by atoms with van der Waals surface area (Å²) >= 11 is 6.30. The number of amides is 2. The van der Waals surface area contributed by atoms with E-state index in [-0.39, 0.29) is 12.1 Å². The molecule has 1 N–H and O–H groups in total. The first-order valence-electron chi connectivity index (χ1n) is 7.54. The van der Waals surface area contributed by atoms with E-state index in [1.807, 2.05) is 60.4 Å². The highest BCUT2D eigenvalue weighted by Gasteiger charge is 2.31. The second-order valence-electron chi connectivity index (χ2n) is 5.67. The number of aryl methyl sites for hydroxylation is 1. The first-order chi connectivity index (χ1) is 10.6. The van der Waals surface area contributed by atoms with E-state index >= 15 is 0 Å². The van der Waals surface area contributed by atoms with Crippen molar-refractivity contribution in [3.8, 4) is 0 Å². The second-order valence-corrected chi connectivity index (χ2v) is 6.08. The van der Waals surface area contributed by atoms with Crippen molar-refractivity contribution < 1.29 is 4.79 Å². The molecule has 1 heterocycles. The maximum atomic E-state index is 12.6. The van der Waals surface area contributed by atoms with Crippen LogP contribution in [0.1, 0.15) is 30.0 Å². The van der Waals surface area contributed by atoms with Gasteiger partial charge in [-0.2, -0.15) is 0 Å². The number of hydrogen-bond donors (Lipinski definition) is 1. The molecule has 0 spiro atoms. The average molecular weight is 315 g/mol. The summed E-state index contributed by atoms with van der Waals surface area (Å²) in [5.41, 5.74) is 2.98. The normalized spacial score (nSPS) is 17.5. The molecule has 2 aromatic carbocycles. The molecule has 2 amide bonds. The number of carbonyl (C=O) groups excluding carboxylic acids is 1. The number of nitrogens with one attached hydrogen (secondary N) is 1. The maximum Gasteiger partial charge on any atom is 0.322 e. The molecule has 3 nitrogen and oxygen atoms in total. The number of carbonyl (C=O) groups is 1. The zero-order chi connectivity index (χ0) is 15.5. The van der Waals surface area contributed by atoms with E-state index in [1.165, 1.54) is 0 Å². The molecule has 1 aliphatic rings. The SMILES string of the molecule is Cc1cccc(NC(=O)N2CCC[C@@H]2c2ccccc2Cl)c1. The predicted molar refractivity (Wildman–Crippen MR) is 90.3 cm³/mol. The third-order valence-electron chi connectivity index (χ3n) is 4.05. The summed E-state index contributed by atoms with van der Waals surface area (Å²) in [5, 5.41) is 3.71. The summed E-state index contributed by atoms with van der Waals surface area (Å²) in [6, 6.07) is 15.6. The standard InChI is InChI=1S/C18H19ClN2O/c1-13-6-4-7-14(12-13)20-18(22)21-11-5-10-17(21)15-8-2-3-9-16(15)19/h2-4,6-9,12,17H,5,10-11H2,1H3,(H,20,22)/t17-/m1/s1. The van der Waals surface area contributed by atoms with E-state index in [1.54, 1.807) is 0 Å². The molecule has 2 aromatic rings. The van der Waals surface area contributed by atoms with Gasteiger partial charge in [0.15, 0.2) is 0 Å². The van der Waals surface area contributed by atoms with Crippen molar-refractivity contribution in [3.05, 3.63) is 64.7 Å². The van der Waals surface area contributed by atoms with E-state index in [9.17, 15) is 4.79 Å². The quantitative estimate of drug-likeness (QED) is 0.829. The van der Waals surface area contributed by atoms with Crippen molar-refractivity contribution in [3.63, 3.8) is 0 Å². The minimum absolute atomic E-state index is 0.0542. The largest absolute Gasteiger partial charge is 0.322 e. The fourth-order valence-electron chi connectivity index (χ4n) is 3.00. The molecule has 0 saturated carbocycles. The molecule has 0 aromatic heterocycles. The molecule has 0 radical (unpaired) electrons. The molecule has 4 heteroatoms. The number of halogens is 1. The Kier molecular flexibility index (Phi) is 4.34. The molecule has 0 unspecified atom stereocenters. The fourth-order valence-corrected chi connectivity index (χ4v) is 3.26. The number of benzene rings is 2. The van der Waals surface area contributed by atoms with Crippen LogP contribution in [-0.2, 0) is 0 Å². The van der Waals surface area contributed by atoms with Gasteiger partial charge in [-0.05, 0) is 49.1 Å². The monoisotopic (exact) mass is 314 g/mol. The minimum atomic E-state index is -0.0620. The molecule has 1 fully saturated rings. The van der Waals surface area contributed by atoms with Crippen LogP contribution in [0.25, 0.3) is 0 Å². The lowest BCUT2D eigenvalue weighted by atomic mass is 10.0. The Hall–Kier alpha value is -2.00. The molecule has 114 valence electrons. The lowest BCUT2D eigenvalue weighted by molar-refractivity contribution is 0.207. The maximum absolute atomic E-state index is 12.6. The molecule has 0 aliphatic carbocycles. The summed E-state index contributed by atoms with van der Waals surface area (Å²) in [4.78, 5) is 14.5. The van der Waals surface area contributed by atoms with Crippen molar-refractivity contribution >= 4 is 23.3 Å². The summed E-state index contributed by atoms with van der Waals surface area (Å²) in [7, 11) is 0. The first-order valence-corrected chi connectivity index (χ1v) is 7.91. The summed E-state index contributed by atoms with van der Waals surface area (Å²) in [6.45, 7) is 2.77. The Labute approximate surface area is 135 Å². The Bertz CT molecular complexity index is 686. The first kappa shape index (κ1) is 14.9. The Morgan fingerprint density at radius 3 is 2.82 bits per heavy atom. The van der Waals surface area contributed by atoms with Crippen LogP contribution in [0.4, 0.5) is 10.5 Å². The topological polar surface area (TPSA) is 32.3 Å². The Morgan fingerprint density at radius 1 is 1.23 bits per heavy atom. The van der Waals surface area contributed by atoms with E-state index in [0.29, 0.717) is 0 Å². The predicted octanol–water partition coefficient (Wildman–Crippen LogP) is 5.02. The van der Waals surface area contributed by atoms with Crippen LogP contribution in [0.3, 0.4) is 0 Å². The number of likely N-dealkylation sites (tertiary alicyclic amines) is 1. The van der Waals surface area contributed by atoms with Crippen molar-refractivity contribution in [1.82, 2.24) is 4.90 Å². The van der Waals surface area contributed by atoms with Crippen molar-refractivity contribution in [2.24, 2.45) is 0 Å². The second kappa shape index (κ2) is 6.41. The van der Waals surface area contributed by atoms with Gasteiger partial charge in [0.1, 0.15) is 0 Å². The van der Waals surface area contributed by atoms with Crippen molar-refractivity contribution in [2.45, 2.75) is 25.8 Å². The molecule has 0 bridgehead atoms. The smallest absolute Gasteiger partial charge is 0.317 e. The van der Waals surface area contributed by atoms with E-state index in [2.05, 4.69) is 5.32 Å². The zero-order valence-corrected chi connectivity index (χ0v) is 13.3. The van der Waals surface area contributed by atoms with Gasteiger partial charge < -0.3 is 10.2 Å². The molecule has 22 heavy (non-hydrogen) atoms. The van der Waals surface area contributed by atoms with Crippen LogP contribution >= 0.6 is 11.6 Å². The zero-order valence-electron chi connectivity index (χ0n) is 12.6. The molecule has 1 aliphatic heterocycles. The average Bonchev–Trinajstić information content (AvgIpc) is 2.97. The van der Waals surface area contributed by atoms with Gasteiger partial charge in [0.25, 0.3) is 0 Å². The van der Waals surface area contributed by atoms with Gasteiger partial charge in [-0.25, -0.2) is 4.79 Å². The van der Waals surface area contributed by atoms with Crippen LogP contribution in [-0.4, -0.2) is 17.5 Å². The van der Waals surface area contributed by atoms with Gasteiger partial charge in [-0.3, -0.25) is 0 Å². The molecule has 1 atom stereocenters.